The predicted molar refractivity (Wildman–Crippen MR) is 207 cm³/mol. The Hall–Kier alpha value is -3.68. The van der Waals surface area contributed by atoms with Gasteiger partial charge in [0.1, 0.15) is 16.8 Å². The number of terminal acetylenes is 3. The maximum Gasteiger partial charge on any atom is 0.336 e. The van der Waals surface area contributed by atoms with Crippen LogP contribution < -0.4 is 17.1 Å². The molecule has 12 heteroatoms. The van der Waals surface area contributed by atoms with Gasteiger partial charge in [-0.25, -0.2) is 28.1 Å². The van der Waals surface area contributed by atoms with E-state index in [1.165, 1.54) is 24.6 Å². The van der Waals surface area contributed by atoms with Crippen molar-refractivity contribution in [2.75, 3.05) is 7.11 Å². The lowest BCUT2D eigenvalue weighted by atomic mass is 9.86. The van der Waals surface area contributed by atoms with Crippen LogP contribution in [0.2, 0.25) is 26.2 Å². The number of aliphatic hydroxyl groups is 1. The van der Waals surface area contributed by atoms with Crippen molar-refractivity contribution in [3.63, 3.8) is 0 Å². The number of aromatic nitrogens is 3. The molecular weight excluding hydrogens is 655 g/mol. The zero-order chi connectivity index (χ0) is 38.7. The Kier molecular flexibility index (Phi) is 20.7. The quantitative estimate of drug-likeness (QED) is 0.181. The first-order chi connectivity index (χ1) is 22.5. The molecule has 1 aromatic heterocycles. The molecule has 2 rings (SSSR count). The van der Waals surface area contributed by atoms with Crippen molar-refractivity contribution in [2.24, 2.45) is 0 Å². The van der Waals surface area contributed by atoms with Gasteiger partial charge in [-0.2, -0.15) is 0 Å². The molecule has 1 aliphatic rings. The van der Waals surface area contributed by atoms with Crippen molar-refractivity contribution in [3.05, 3.63) is 81.7 Å². The highest BCUT2D eigenvalue weighted by Gasteiger charge is 2.36. The van der Waals surface area contributed by atoms with E-state index in [2.05, 4.69) is 57.2 Å². The summed E-state index contributed by atoms with van der Waals surface area (Å²) in [6.45, 7) is 29.6. The number of hydrogen-bond acceptors (Lipinski definition) is 7. The fraction of sp³-hybridized carbons (Fsp3) is 0.541. The van der Waals surface area contributed by atoms with Crippen molar-refractivity contribution in [1.29, 1.82) is 0 Å². The molecule has 1 saturated carbocycles. The van der Waals surface area contributed by atoms with Crippen LogP contribution in [-0.2, 0) is 32.9 Å². The molecule has 0 spiro atoms. The lowest BCUT2D eigenvalue weighted by Gasteiger charge is -2.35. The van der Waals surface area contributed by atoms with Crippen LogP contribution in [-0.4, -0.2) is 59.6 Å². The van der Waals surface area contributed by atoms with Gasteiger partial charge in [0.05, 0.1) is 19.6 Å². The number of allylic oxidation sites excluding steroid dienone is 3. The number of nitrogens with zero attached hydrogens (tertiary/aromatic N) is 3. The van der Waals surface area contributed by atoms with E-state index >= 15 is 0 Å². The molecule has 0 radical (unpaired) electrons. The van der Waals surface area contributed by atoms with Crippen LogP contribution in [0.25, 0.3) is 0 Å². The minimum absolute atomic E-state index is 0.0478. The van der Waals surface area contributed by atoms with Gasteiger partial charge in [-0.1, -0.05) is 48.1 Å². The van der Waals surface area contributed by atoms with E-state index in [0.717, 1.165) is 39.4 Å². The normalized spacial score (nSPS) is 13.9. The van der Waals surface area contributed by atoms with Crippen molar-refractivity contribution in [1.82, 2.24) is 13.7 Å². The SMILES string of the molecule is C#CC(C)(C)O[Si](C)(C)OC(C)(C)C#C.C#CC1(O)CCCCC1.C=CCn1c(=O)n(CC=C)c(=O)n(CC=C)c1=O.C=C[Si](C)(C)OC. The largest absolute Gasteiger partial charge is 0.417 e. The molecule has 0 amide bonds. The van der Waals surface area contributed by atoms with Crippen molar-refractivity contribution >= 4 is 16.9 Å². The summed E-state index contributed by atoms with van der Waals surface area (Å²) < 4.78 is 19.5. The highest BCUT2D eigenvalue weighted by molar-refractivity contribution is 6.76. The van der Waals surface area contributed by atoms with E-state index in [1.807, 2.05) is 46.5 Å². The first-order valence-electron chi connectivity index (χ1n) is 16.0. The second-order valence-electron chi connectivity index (χ2n) is 13.2. The van der Waals surface area contributed by atoms with Crippen LogP contribution >= 0.6 is 0 Å². The van der Waals surface area contributed by atoms with Gasteiger partial charge in [-0.05, 0) is 79.6 Å². The highest BCUT2D eigenvalue weighted by Crippen LogP contribution is 2.26. The van der Waals surface area contributed by atoms with E-state index < -0.39 is 50.8 Å². The molecule has 49 heavy (non-hydrogen) atoms. The molecular formula is C37H59N3O7Si2. The van der Waals surface area contributed by atoms with Gasteiger partial charge < -0.3 is 18.4 Å². The molecule has 0 bridgehead atoms. The van der Waals surface area contributed by atoms with Crippen LogP contribution in [0.5, 0.6) is 0 Å². The van der Waals surface area contributed by atoms with Crippen LogP contribution in [0.3, 0.4) is 0 Å². The van der Waals surface area contributed by atoms with Crippen LogP contribution in [0, 0.1) is 37.0 Å². The third-order valence-corrected chi connectivity index (χ3v) is 11.0. The molecule has 1 N–H and O–H groups in total. The van der Waals surface area contributed by atoms with Gasteiger partial charge in [0, 0.05) is 7.11 Å². The molecule has 0 unspecified atom stereocenters. The number of rotatable bonds is 12. The minimum Gasteiger partial charge on any atom is -0.417 e. The summed E-state index contributed by atoms with van der Waals surface area (Å²) in [6.07, 6.45) is 25.1. The average Bonchev–Trinajstić information content (AvgIpc) is 3.03. The van der Waals surface area contributed by atoms with E-state index in [4.69, 9.17) is 32.5 Å². The monoisotopic (exact) mass is 713 g/mol. The standard InChI is InChI=1S/C12H15N3O3.C12H20O2Si.C8H12O.C5H12OSi/c1-4-7-13-10(16)14(8-5-2)12(18)15(9-6-3)11(13)17;1-9-11(3,4)13-15(7,8)14-12(5,6)10-2;1-2-8(9)6-4-3-5-7-8;1-5-7(3,4)6-2/h4-6H,1-3,7-9H2;1-2H,3-8H3;1,9H,3-7H2;5H,1H2,2-4H3. The first-order valence-corrected chi connectivity index (χ1v) is 21.8. The van der Waals surface area contributed by atoms with E-state index in [0.29, 0.717) is 0 Å². The van der Waals surface area contributed by atoms with Gasteiger partial charge in [0.15, 0.2) is 0 Å². The summed E-state index contributed by atoms with van der Waals surface area (Å²) >= 11 is 0. The lowest BCUT2D eigenvalue weighted by Crippen LogP contribution is -2.54. The van der Waals surface area contributed by atoms with Crippen molar-refractivity contribution < 1.29 is 18.4 Å². The van der Waals surface area contributed by atoms with Crippen molar-refractivity contribution in [3.8, 4) is 37.0 Å². The second kappa shape index (κ2) is 21.4. The first kappa shape index (κ1) is 47.4. The third kappa shape index (κ3) is 18.0. The molecule has 272 valence electrons. The molecule has 10 nitrogen and oxygen atoms in total. The van der Waals surface area contributed by atoms with Crippen LogP contribution in [0.15, 0.2) is 64.6 Å². The summed E-state index contributed by atoms with van der Waals surface area (Å²) in [4.78, 5) is 35.8. The van der Waals surface area contributed by atoms with E-state index in [1.54, 1.807) is 7.11 Å². The average molecular weight is 714 g/mol. The summed E-state index contributed by atoms with van der Waals surface area (Å²) in [5.74, 6) is 7.60. The van der Waals surface area contributed by atoms with Gasteiger partial charge in [-0.15, -0.1) is 45.6 Å². The Bertz CT molecular complexity index is 1400. The molecule has 0 aliphatic heterocycles. The van der Waals surface area contributed by atoms with Crippen LogP contribution in [0.4, 0.5) is 0 Å². The Labute approximate surface area is 296 Å². The third-order valence-electron chi connectivity index (χ3n) is 6.98. The number of hydrogen-bond donors (Lipinski definition) is 1. The highest BCUT2D eigenvalue weighted by atomic mass is 28.4. The Morgan fingerprint density at radius 3 is 1.27 bits per heavy atom. The maximum absolute atomic E-state index is 11.9. The smallest absolute Gasteiger partial charge is 0.336 e. The van der Waals surface area contributed by atoms with Gasteiger partial charge in [0.2, 0.25) is 8.32 Å². The van der Waals surface area contributed by atoms with Gasteiger partial charge in [-0.3, -0.25) is 0 Å². The molecule has 0 aromatic carbocycles. The fourth-order valence-corrected chi connectivity index (χ4v) is 7.00. The van der Waals surface area contributed by atoms with Crippen LogP contribution in [0.1, 0.15) is 59.8 Å². The molecule has 1 heterocycles. The summed E-state index contributed by atoms with van der Waals surface area (Å²) in [7, 11) is -1.96. The van der Waals surface area contributed by atoms with Gasteiger partial charge >= 0.3 is 25.6 Å². The zero-order valence-corrected chi connectivity index (χ0v) is 33.3. The summed E-state index contributed by atoms with van der Waals surface area (Å²) in [5.41, 5.74) is -2.05. The fourth-order valence-electron chi connectivity index (χ4n) is 4.21. The van der Waals surface area contributed by atoms with E-state index in [9.17, 15) is 19.5 Å². The van der Waals surface area contributed by atoms with Crippen molar-refractivity contribution in [2.45, 2.75) is 122 Å². The molecule has 1 fully saturated rings. The lowest BCUT2D eigenvalue weighted by molar-refractivity contribution is 0.0551. The zero-order valence-electron chi connectivity index (χ0n) is 31.3. The molecule has 0 saturated heterocycles. The Morgan fingerprint density at radius 2 is 1.08 bits per heavy atom. The maximum atomic E-state index is 11.9. The Morgan fingerprint density at radius 1 is 0.755 bits per heavy atom. The van der Waals surface area contributed by atoms with Gasteiger partial charge in [0.25, 0.3) is 0 Å². The summed E-state index contributed by atoms with van der Waals surface area (Å²) in [6, 6.07) is 0. The van der Waals surface area contributed by atoms with E-state index in [-0.39, 0.29) is 19.6 Å². The molecule has 1 aliphatic carbocycles. The predicted octanol–water partition coefficient (Wildman–Crippen LogP) is 5.15. The second-order valence-corrected chi connectivity index (χ2v) is 20.4. The topological polar surface area (TPSA) is 114 Å². The minimum atomic E-state index is -2.30. The summed E-state index contributed by atoms with van der Waals surface area (Å²) in [5, 5.41) is 9.44. The molecule has 1 aromatic rings. The molecule has 0 atom stereocenters. The Balaban J connectivity index is 0.